The Morgan fingerprint density at radius 3 is 2.18 bits per heavy atom. The number of nitrogens with zero attached hydrogens (tertiary/aromatic N) is 3. The van der Waals surface area contributed by atoms with Crippen molar-refractivity contribution in [1.29, 1.82) is 0 Å². The maximum Gasteiger partial charge on any atom is 0.196 e. The van der Waals surface area contributed by atoms with Crippen molar-refractivity contribution in [2.45, 2.75) is 31.3 Å². The second kappa shape index (κ2) is 10.2. The van der Waals surface area contributed by atoms with E-state index in [0.717, 1.165) is 27.3 Å². The van der Waals surface area contributed by atoms with Gasteiger partial charge in [0.2, 0.25) is 0 Å². The number of carbonyl (C=O) groups is 1. The van der Waals surface area contributed by atoms with Crippen LogP contribution in [0.3, 0.4) is 0 Å². The molecule has 0 fully saturated rings. The van der Waals surface area contributed by atoms with E-state index in [1.54, 1.807) is 7.11 Å². The molecule has 0 spiro atoms. The van der Waals surface area contributed by atoms with Crippen molar-refractivity contribution in [3.05, 3.63) is 88.4 Å². The highest BCUT2D eigenvalue weighted by atomic mass is 79.9. The smallest absolute Gasteiger partial charge is 0.196 e. The molecular weight excluding hydrogens is 510 g/mol. The fourth-order valence-corrected chi connectivity index (χ4v) is 4.59. The molecule has 0 atom stereocenters. The number of aromatic nitrogens is 3. The number of ketones is 1. The van der Waals surface area contributed by atoms with Gasteiger partial charge in [-0.25, -0.2) is 0 Å². The predicted molar refractivity (Wildman–Crippen MR) is 141 cm³/mol. The summed E-state index contributed by atoms with van der Waals surface area (Å²) >= 11 is 4.79. The molecule has 7 heteroatoms. The molecule has 0 aliphatic carbocycles. The summed E-state index contributed by atoms with van der Waals surface area (Å²) in [6.07, 6.45) is 0. The van der Waals surface area contributed by atoms with Crippen LogP contribution in [0.2, 0.25) is 0 Å². The lowest BCUT2D eigenvalue weighted by atomic mass is 9.87. The highest BCUT2D eigenvalue weighted by molar-refractivity contribution is 9.10. The van der Waals surface area contributed by atoms with Crippen molar-refractivity contribution in [2.75, 3.05) is 12.9 Å². The average molecular weight is 536 g/mol. The van der Waals surface area contributed by atoms with Crippen LogP contribution in [0, 0.1) is 0 Å². The Bertz CT molecular complexity index is 1280. The fraction of sp³-hybridized carbons (Fsp3) is 0.222. The van der Waals surface area contributed by atoms with Crippen LogP contribution in [0.15, 0.2) is 82.4 Å². The first kappa shape index (κ1) is 24.2. The number of carbonyl (C=O) groups excluding carboxylic acids is 1. The maximum absolute atomic E-state index is 12.8. The van der Waals surface area contributed by atoms with Gasteiger partial charge >= 0.3 is 0 Å². The third-order valence-corrected chi connectivity index (χ3v) is 6.93. The number of hydrogen-bond acceptors (Lipinski definition) is 5. The molecule has 0 N–H and O–H groups in total. The van der Waals surface area contributed by atoms with Crippen LogP contribution in [0.25, 0.3) is 17.1 Å². The summed E-state index contributed by atoms with van der Waals surface area (Å²) in [5.74, 6) is 1.80. The van der Waals surface area contributed by atoms with E-state index in [9.17, 15) is 4.79 Å². The lowest BCUT2D eigenvalue weighted by molar-refractivity contribution is 0.102. The minimum Gasteiger partial charge on any atom is -0.497 e. The Kier molecular flexibility index (Phi) is 7.24. The standard InChI is InChI=1S/C27H26BrN3O2S/c1-27(2,3)20-9-5-19(6-10-20)25-29-30-26(31(25)22-13-15-23(33-4)16-14-22)34-17-24(32)18-7-11-21(28)12-8-18/h5-16H,17H2,1-4H3. The summed E-state index contributed by atoms with van der Waals surface area (Å²) < 4.78 is 8.25. The molecule has 4 aromatic rings. The predicted octanol–water partition coefficient (Wildman–Crippen LogP) is 6.98. The highest BCUT2D eigenvalue weighted by Gasteiger charge is 2.19. The van der Waals surface area contributed by atoms with Crippen LogP contribution in [0.1, 0.15) is 36.7 Å². The van der Waals surface area contributed by atoms with Crippen LogP contribution in [-0.4, -0.2) is 33.4 Å². The first-order chi connectivity index (χ1) is 16.3. The zero-order valence-electron chi connectivity index (χ0n) is 19.6. The highest BCUT2D eigenvalue weighted by Crippen LogP contribution is 2.31. The van der Waals surface area contributed by atoms with Gasteiger partial charge in [-0.15, -0.1) is 10.2 Å². The summed E-state index contributed by atoms with van der Waals surface area (Å²) in [6.45, 7) is 6.58. The Morgan fingerprint density at radius 2 is 1.59 bits per heavy atom. The Hall–Kier alpha value is -2.90. The van der Waals surface area contributed by atoms with Crippen molar-refractivity contribution >= 4 is 33.5 Å². The summed E-state index contributed by atoms with van der Waals surface area (Å²) in [6, 6.07) is 23.6. The van der Waals surface area contributed by atoms with Gasteiger partial charge in [0.1, 0.15) is 5.75 Å². The number of hydrogen-bond donors (Lipinski definition) is 0. The number of thioether (sulfide) groups is 1. The SMILES string of the molecule is COc1ccc(-n2c(SCC(=O)c3ccc(Br)cc3)nnc2-c2ccc(C(C)(C)C)cc2)cc1. The number of halogens is 1. The maximum atomic E-state index is 12.8. The Labute approximate surface area is 212 Å². The van der Waals surface area contributed by atoms with Gasteiger partial charge in [-0.2, -0.15) is 0 Å². The molecule has 0 amide bonds. The first-order valence-electron chi connectivity index (χ1n) is 10.9. The van der Waals surface area contributed by atoms with Crippen LogP contribution in [-0.2, 0) is 5.41 Å². The molecule has 0 aliphatic heterocycles. The summed E-state index contributed by atoms with van der Waals surface area (Å²) in [5, 5.41) is 9.61. The van der Waals surface area contributed by atoms with Gasteiger partial charge in [0, 0.05) is 21.3 Å². The minimum absolute atomic E-state index is 0.0397. The second-order valence-electron chi connectivity index (χ2n) is 8.89. The van der Waals surface area contributed by atoms with E-state index >= 15 is 0 Å². The molecule has 1 aromatic heterocycles. The number of Topliss-reactive ketones (excluding diaryl/α,β-unsaturated/α-hetero) is 1. The summed E-state index contributed by atoms with van der Waals surface area (Å²) in [7, 11) is 1.64. The second-order valence-corrected chi connectivity index (χ2v) is 10.7. The van der Waals surface area contributed by atoms with Crippen molar-refractivity contribution in [3.8, 4) is 22.8 Å². The third kappa shape index (κ3) is 5.42. The lowest BCUT2D eigenvalue weighted by Gasteiger charge is -2.19. The van der Waals surface area contributed by atoms with Gasteiger partial charge in [-0.05, 0) is 47.4 Å². The van der Waals surface area contributed by atoms with Crippen LogP contribution >= 0.6 is 27.7 Å². The van der Waals surface area contributed by atoms with Gasteiger partial charge in [-0.1, -0.05) is 84.9 Å². The van der Waals surface area contributed by atoms with E-state index in [4.69, 9.17) is 4.74 Å². The van der Waals surface area contributed by atoms with Gasteiger partial charge in [-0.3, -0.25) is 9.36 Å². The molecule has 0 saturated carbocycles. The molecule has 34 heavy (non-hydrogen) atoms. The van der Waals surface area contributed by atoms with Crippen molar-refractivity contribution in [3.63, 3.8) is 0 Å². The first-order valence-corrected chi connectivity index (χ1v) is 12.7. The monoisotopic (exact) mass is 535 g/mol. The van der Waals surface area contributed by atoms with Gasteiger partial charge in [0.15, 0.2) is 16.8 Å². The zero-order valence-corrected chi connectivity index (χ0v) is 22.0. The zero-order chi connectivity index (χ0) is 24.3. The topological polar surface area (TPSA) is 57.0 Å². The van der Waals surface area contributed by atoms with E-state index in [-0.39, 0.29) is 17.0 Å². The normalized spacial score (nSPS) is 11.4. The molecule has 0 bridgehead atoms. The quantitative estimate of drug-likeness (QED) is 0.189. The molecule has 174 valence electrons. The van der Waals surface area contributed by atoms with Crippen molar-refractivity contribution in [1.82, 2.24) is 14.8 Å². The van der Waals surface area contributed by atoms with E-state index in [1.165, 1.54) is 17.3 Å². The van der Waals surface area contributed by atoms with Crippen LogP contribution < -0.4 is 4.74 Å². The largest absolute Gasteiger partial charge is 0.497 e. The molecule has 5 nitrogen and oxygen atoms in total. The van der Waals surface area contributed by atoms with Crippen LogP contribution in [0.5, 0.6) is 5.75 Å². The average Bonchev–Trinajstić information content (AvgIpc) is 3.26. The summed E-state index contributed by atoms with van der Waals surface area (Å²) in [5.41, 5.74) is 3.85. The molecule has 0 unspecified atom stereocenters. The number of methoxy groups -OCH3 is 1. The molecule has 0 radical (unpaired) electrons. The molecule has 1 heterocycles. The van der Waals surface area contributed by atoms with E-state index in [1.807, 2.05) is 53.1 Å². The van der Waals surface area contributed by atoms with Crippen LogP contribution in [0.4, 0.5) is 0 Å². The summed E-state index contributed by atoms with van der Waals surface area (Å²) in [4.78, 5) is 12.8. The molecule has 0 saturated heterocycles. The fourth-order valence-electron chi connectivity index (χ4n) is 3.48. The minimum atomic E-state index is 0.0397. The molecular formula is C27H26BrN3O2S. The lowest BCUT2D eigenvalue weighted by Crippen LogP contribution is -2.10. The molecule has 4 rings (SSSR count). The van der Waals surface area contributed by atoms with E-state index in [0.29, 0.717) is 10.7 Å². The number of benzene rings is 3. The number of rotatable bonds is 7. The Balaban J connectivity index is 1.68. The van der Waals surface area contributed by atoms with Crippen molar-refractivity contribution < 1.29 is 9.53 Å². The van der Waals surface area contributed by atoms with E-state index < -0.39 is 0 Å². The van der Waals surface area contributed by atoms with Crippen molar-refractivity contribution in [2.24, 2.45) is 0 Å². The molecule has 3 aromatic carbocycles. The van der Waals surface area contributed by atoms with Gasteiger partial charge < -0.3 is 4.74 Å². The van der Waals surface area contributed by atoms with E-state index in [2.05, 4.69) is 71.2 Å². The number of ether oxygens (including phenoxy) is 1. The Morgan fingerprint density at radius 1 is 0.941 bits per heavy atom. The third-order valence-electron chi connectivity index (χ3n) is 5.47. The van der Waals surface area contributed by atoms with Gasteiger partial charge in [0.05, 0.1) is 12.9 Å². The van der Waals surface area contributed by atoms with Gasteiger partial charge in [0.25, 0.3) is 0 Å². The molecule has 0 aliphatic rings.